The number of phenols is 3. The summed E-state index contributed by atoms with van der Waals surface area (Å²) in [7, 11) is 0. The first-order chi connectivity index (χ1) is 14.2. The maximum absolute atomic E-state index is 12.4. The van der Waals surface area contributed by atoms with Crippen molar-refractivity contribution in [1.29, 1.82) is 0 Å². The molecule has 0 bridgehead atoms. The molecular weight excluding hydrogens is 388 g/mol. The van der Waals surface area contributed by atoms with Crippen molar-refractivity contribution in [2.45, 2.75) is 63.6 Å². The van der Waals surface area contributed by atoms with Crippen LogP contribution in [0.25, 0.3) is 0 Å². The highest BCUT2D eigenvalue weighted by Crippen LogP contribution is 2.46. The highest BCUT2D eigenvalue weighted by atomic mass is 16.5. The molecule has 0 saturated heterocycles. The van der Waals surface area contributed by atoms with Crippen molar-refractivity contribution < 1.29 is 35.1 Å². The summed E-state index contributed by atoms with van der Waals surface area (Å²) in [6, 6.07) is 7.05. The largest absolute Gasteiger partial charge is 0.508 e. The van der Waals surface area contributed by atoms with E-state index in [-0.39, 0.29) is 23.7 Å². The number of ether oxygens (including phenoxy) is 1. The van der Waals surface area contributed by atoms with Gasteiger partial charge in [0.15, 0.2) is 11.5 Å². The van der Waals surface area contributed by atoms with Gasteiger partial charge in [0.25, 0.3) is 0 Å². The monoisotopic (exact) mass is 416 g/mol. The number of phenolic OH excluding ortho intramolecular Hbond substituents is 3. The third-order valence-corrected chi connectivity index (χ3v) is 5.82. The molecule has 0 unspecified atom stereocenters. The third kappa shape index (κ3) is 3.77. The summed E-state index contributed by atoms with van der Waals surface area (Å²) >= 11 is 0. The molecule has 7 heteroatoms. The van der Waals surface area contributed by atoms with E-state index >= 15 is 0 Å². The topological polar surface area (TPSA) is 127 Å². The lowest BCUT2D eigenvalue weighted by molar-refractivity contribution is -0.144. The number of fused-ring (bicyclic) bond motifs is 1. The minimum atomic E-state index is -1.18. The number of aliphatic hydroxyl groups excluding tert-OH is 1. The van der Waals surface area contributed by atoms with Gasteiger partial charge < -0.3 is 30.3 Å². The summed E-state index contributed by atoms with van der Waals surface area (Å²) in [6.07, 6.45) is 0.398. The molecule has 3 rings (SSSR count). The maximum atomic E-state index is 12.4. The smallest absolute Gasteiger partial charge is 0.314 e. The number of carboxylic acid groups (broad SMARTS) is 1. The summed E-state index contributed by atoms with van der Waals surface area (Å²) < 4.78 is 5.98. The average molecular weight is 416 g/mol. The molecule has 0 saturated carbocycles. The predicted octanol–water partition coefficient (Wildman–Crippen LogP) is 3.76. The Morgan fingerprint density at radius 3 is 2.30 bits per heavy atom. The third-order valence-electron chi connectivity index (χ3n) is 5.82. The normalized spacial score (nSPS) is 18.5. The van der Waals surface area contributed by atoms with Gasteiger partial charge in [-0.3, -0.25) is 4.79 Å². The van der Waals surface area contributed by atoms with E-state index in [2.05, 4.69) is 0 Å². The second-order valence-electron chi connectivity index (χ2n) is 7.92. The van der Waals surface area contributed by atoms with Gasteiger partial charge in [0.1, 0.15) is 17.6 Å². The fourth-order valence-electron chi connectivity index (χ4n) is 4.49. The number of benzene rings is 2. The van der Waals surface area contributed by atoms with Gasteiger partial charge in [-0.2, -0.15) is 0 Å². The van der Waals surface area contributed by atoms with E-state index in [0.29, 0.717) is 48.1 Å². The fraction of sp³-hybridized carbons (Fsp3) is 0.435. The maximum Gasteiger partial charge on any atom is 0.314 e. The molecule has 0 fully saturated rings. The highest BCUT2D eigenvalue weighted by molar-refractivity contribution is 5.82. The summed E-state index contributed by atoms with van der Waals surface area (Å²) in [6.45, 7) is 3.84. The Morgan fingerprint density at radius 1 is 1.07 bits per heavy atom. The van der Waals surface area contributed by atoms with E-state index in [0.717, 1.165) is 0 Å². The summed E-state index contributed by atoms with van der Waals surface area (Å²) in [5, 5.41) is 50.6. The van der Waals surface area contributed by atoms with Gasteiger partial charge in [-0.15, -0.1) is 0 Å². The van der Waals surface area contributed by atoms with Crippen LogP contribution in [0, 0.1) is 0 Å². The molecule has 2 atom stereocenters. The molecule has 0 radical (unpaired) electrons. The molecule has 0 aliphatic carbocycles. The molecule has 2 aromatic carbocycles. The Hall–Kier alpha value is -2.93. The zero-order chi connectivity index (χ0) is 22.1. The van der Waals surface area contributed by atoms with Crippen molar-refractivity contribution in [3.05, 3.63) is 47.0 Å². The molecule has 5 N–H and O–H groups in total. The number of carboxylic acids is 1. The Morgan fingerprint density at radius 2 is 1.73 bits per heavy atom. The molecule has 0 amide bonds. The van der Waals surface area contributed by atoms with Crippen LogP contribution in [-0.2, 0) is 16.6 Å². The van der Waals surface area contributed by atoms with Gasteiger partial charge in [-0.05, 0) is 42.2 Å². The summed E-state index contributed by atoms with van der Waals surface area (Å²) in [5.41, 5.74) is 0.322. The van der Waals surface area contributed by atoms with Gasteiger partial charge in [0, 0.05) is 18.1 Å². The zero-order valence-corrected chi connectivity index (χ0v) is 17.1. The van der Waals surface area contributed by atoms with Gasteiger partial charge in [-0.25, -0.2) is 0 Å². The number of rotatable bonds is 7. The number of carbonyl (C=O) groups is 1. The Labute approximate surface area is 175 Å². The van der Waals surface area contributed by atoms with E-state index in [1.165, 1.54) is 30.3 Å². The number of aliphatic hydroxyl groups is 1. The van der Waals surface area contributed by atoms with E-state index < -0.39 is 23.6 Å². The van der Waals surface area contributed by atoms with Crippen LogP contribution < -0.4 is 4.74 Å². The van der Waals surface area contributed by atoms with Crippen molar-refractivity contribution in [3.8, 4) is 23.0 Å². The summed E-state index contributed by atoms with van der Waals surface area (Å²) in [5.74, 6) is -1.37. The van der Waals surface area contributed by atoms with Crippen LogP contribution in [0.3, 0.4) is 0 Å². The number of aromatic hydroxyl groups is 3. The molecular formula is C23H28O7. The molecule has 1 aliphatic heterocycles. The minimum absolute atomic E-state index is 0.106. The van der Waals surface area contributed by atoms with E-state index in [9.17, 15) is 30.3 Å². The first-order valence-electron chi connectivity index (χ1n) is 10.2. The Bertz CT molecular complexity index is 931. The van der Waals surface area contributed by atoms with Crippen LogP contribution >= 0.6 is 0 Å². The van der Waals surface area contributed by atoms with Crippen LogP contribution in [0.5, 0.6) is 23.0 Å². The lowest BCUT2D eigenvalue weighted by atomic mass is 9.70. The second kappa shape index (κ2) is 8.44. The number of hydrogen-bond acceptors (Lipinski definition) is 6. The molecule has 0 spiro atoms. The lowest BCUT2D eigenvalue weighted by Crippen LogP contribution is -2.39. The van der Waals surface area contributed by atoms with Crippen LogP contribution in [0.15, 0.2) is 30.3 Å². The lowest BCUT2D eigenvalue weighted by Gasteiger charge is -2.37. The first-order valence-corrected chi connectivity index (χ1v) is 10.2. The van der Waals surface area contributed by atoms with Crippen molar-refractivity contribution in [3.63, 3.8) is 0 Å². The predicted molar refractivity (Wildman–Crippen MR) is 110 cm³/mol. The van der Waals surface area contributed by atoms with Gasteiger partial charge in [0.05, 0.1) is 11.5 Å². The SMILES string of the molecule is CCCC(CCC)(C(=O)O)c1cc(O)cc2c1C[C@H](O)[C@H](c1ccc(O)c(O)c1)O2. The summed E-state index contributed by atoms with van der Waals surface area (Å²) in [4.78, 5) is 12.4. The van der Waals surface area contributed by atoms with Crippen LogP contribution in [0.4, 0.5) is 0 Å². The van der Waals surface area contributed by atoms with Crippen LogP contribution in [0.1, 0.15) is 62.3 Å². The molecule has 7 nitrogen and oxygen atoms in total. The molecule has 1 aliphatic rings. The standard InChI is InChI=1S/C23H28O7/c1-3-7-23(8-4-2,22(28)29)16-10-14(24)11-20-15(16)12-19(27)21(30-20)13-5-6-17(25)18(26)9-13/h5-6,9-11,19,21,24-27H,3-4,7-8,12H2,1-2H3,(H,28,29)/t19-,21-/m0/s1. The van der Waals surface area contributed by atoms with E-state index in [4.69, 9.17) is 4.74 Å². The first kappa shape index (κ1) is 21.8. The Balaban J connectivity index is 2.11. The van der Waals surface area contributed by atoms with Gasteiger partial charge >= 0.3 is 5.97 Å². The van der Waals surface area contributed by atoms with Crippen molar-refractivity contribution in [2.75, 3.05) is 0 Å². The fourth-order valence-corrected chi connectivity index (χ4v) is 4.49. The van der Waals surface area contributed by atoms with Crippen molar-refractivity contribution in [1.82, 2.24) is 0 Å². The molecule has 2 aromatic rings. The highest BCUT2D eigenvalue weighted by Gasteiger charge is 2.43. The van der Waals surface area contributed by atoms with E-state index in [1.807, 2.05) is 13.8 Å². The molecule has 0 aromatic heterocycles. The molecule has 30 heavy (non-hydrogen) atoms. The number of hydrogen-bond donors (Lipinski definition) is 5. The van der Waals surface area contributed by atoms with Gasteiger partial charge in [-0.1, -0.05) is 32.8 Å². The van der Waals surface area contributed by atoms with Crippen molar-refractivity contribution >= 4 is 5.97 Å². The van der Waals surface area contributed by atoms with Gasteiger partial charge in [0.2, 0.25) is 0 Å². The van der Waals surface area contributed by atoms with Crippen LogP contribution in [0.2, 0.25) is 0 Å². The zero-order valence-electron chi connectivity index (χ0n) is 17.1. The molecule has 162 valence electrons. The quantitative estimate of drug-likeness (QED) is 0.435. The second-order valence-corrected chi connectivity index (χ2v) is 7.92. The number of aliphatic carboxylic acids is 1. The molecule has 1 heterocycles. The Kier molecular flexibility index (Phi) is 6.12. The average Bonchev–Trinajstić information content (AvgIpc) is 2.69. The minimum Gasteiger partial charge on any atom is -0.508 e. The van der Waals surface area contributed by atoms with Crippen LogP contribution in [-0.4, -0.2) is 37.6 Å². The van der Waals surface area contributed by atoms with Crippen molar-refractivity contribution in [2.24, 2.45) is 0 Å². The van der Waals surface area contributed by atoms with E-state index in [1.54, 1.807) is 0 Å².